The molecule has 24 heavy (non-hydrogen) atoms. The molecular weight excluding hydrogens is 347 g/mol. The molecule has 4 nitrogen and oxygen atoms in total. The van der Waals surface area contributed by atoms with Crippen LogP contribution in [0.5, 0.6) is 5.75 Å². The van der Waals surface area contributed by atoms with E-state index in [2.05, 4.69) is 4.74 Å². The van der Waals surface area contributed by atoms with E-state index in [9.17, 15) is 18.0 Å². The zero-order chi connectivity index (χ0) is 17.5. The Morgan fingerprint density at radius 3 is 2.42 bits per heavy atom. The average molecular weight is 364 g/mol. The molecule has 1 heterocycles. The highest BCUT2D eigenvalue weighted by molar-refractivity contribution is 6.30. The van der Waals surface area contributed by atoms with E-state index in [0.29, 0.717) is 13.1 Å². The van der Waals surface area contributed by atoms with Crippen LogP contribution >= 0.6 is 11.6 Å². The summed E-state index contributed by atoms with van der Waals surface area (Å²) in [5, 5.41) is 9.15. The second-order valence-corrected chi connectivity index (χ2v) is 7.12. The van der Waals surface area contributed by atoms with Crippen molar-refractivity contribution in [3.05, 3.63) is 28.8 Å². The van der Waals surface area contributed by atoms with Crippen molar-refractivity contribution >= 4 is 17.7 Å². The van der Waals surface area contributed by atoms with E-state index in [-0.39, 0.29) is 22.1 Å². The molecule has 1 N–H and O–H groups in total. The maximum atomic E-state index is 12.4. The molecule has 0 bridgehead atoms. The lowest BCUT2D eigenvalue weighted by Crippen LogP contribution is -2.59. The minimum atomic E-state index is -4.75. The van der Waals surface area contributed by atoms with E-state index in [1.165, 1.54) is 11.0 Å². The van der Waals surface area contributed by atoms with Gasteiger partial charge in [-0.05, 0) is 55.4 Å². The fraction of sp³-hybridized carbons (Fsp3) is 0.562. The first kappa shape index (κ1) is 17.2. The summed E-state index contributed by atoms with van der Waals surface area (Å²) in [6.07, 6.45) is -2.30. The van der Waals surface area contributed by atoms with E-state index >= 15 is 0 Å². The molecule has 3 rings (SSSR count). The smallest absolute Gasteiger partial charge is 0.465 e. The lowest BCUT2D eigenvalue weighted by atomic mass is 9.65. The van der Waals surface area contributed by atoms with Crippen LogP contribution in [0.15, 0.2) is 18.2 Å². The fourth-order valence-corrected chi connectivity index (χ4v) is 4.02. The first-order valence-electron chi connectivity index (χ1n) is 7.70. The van der Waals surface area contributed by atoms with Crippen molar-refractivity contribution in [3.8, 4) is 5.75 Å². The second kappa shape index (κ2) is 6.02. The van der Waals surface area contributed by atoms with Gasteiger partial charge in [-0.3, -0.25) is 0 Å². The summed E-state index contributed by atoms with van der Waals surface area (Å²) in [6.45, 7) is 1.10. The van der Waals surface area contributed by atoms with E-state index in [0.717, 1.165) is 37.3 Å². The number of rotatable bonds is 2. The number of carboxylic acid groups (broad SMARTS) is 1. The normalized spacial score (nSPS) is 20.8. The molecule has 0 radical (unpaired) electrons. The lowest BCUT2D eigenvalue weighted by Gasteiger charge is -2.52. The maximum Gasteiger partial charge on any atom is 0.573 e. The van der Waals surface area contributed by atoms with Crippen molar-refractivity contribution < 1.29 is 27.8 Å². The summed E-state index contributed by atoms with van der Waals surface area (Å²) in [5.74, 6) is -0.185. The van der Waals surface area contributed by atoms with E-state index < -0.39 is 12.5 Å². The monoisotopic (exact) mass is 363 g/mol. The second-order valence-electron chi connectivity index (χ2n) is 6.68. The Labute approximate surface area is 142 Å². The molecular formula is C16H17ClF3NO3. The number of halogens is 4. The highest BCUT2D eigenvalue weighted by Gasteiger charge is 2.47. The minimum Gasteiger partial charge on any atom is -0.465 e. The molecule has 0 unspecified atom stereocenters. The van der Waals surface area contributed by atoms with Crippen LogP contribution < -0.4 is 4.74 Å². The summed E-state index contributed by atoms with van der Waals surface area (Å²) in [5.41, 5.74) is 0.782. The Kier molecular flexibility index (Phi) is 4.32. The van der Waals surface area contributed by atoms with Crippen LogP contribution in [0.3, 0.4) is 0 Å². The van der Waals surface area contributed by atoms with Gasteiger partial charge in [0.2, 0.25) is 0 Å². The Morgan fingerprint density at radius 1 is 1.25 bits per heavy atom. The fourth-order valence-electron chi connectivity index (χ4n) is 3.79. The molecule has 132 valence electrons. The summed E-state index contributed by atoms with van der Waals surface area (Å²) in [6, 6.07) is 4.23. The zero-order valence-corrected chi connectivity index (χ0v) is 13.5. The third kappa shape index (κ3) is 3.71. The third-order valence-corrected chi connectivity index (χ3v) is 5.19. The molecule has 1 saturated heterocycles. The third-order valence-electron chi connectivity index (χ3n) is 4.97. The standard InChI is InChI=1S/C16H17ClF3NO3/c17-12-5-11(6-13(7-12)24-16(18,19)20)10-1-3-15(4-2-10)8-21(9-15)14(22)23/h5-7,10H,1-4,8-9H2,(H,22,23). The largest absolute Gasteiger partial charge is 0.573 e. The number of hydrogen-bond donors (Lipinski definition) is 1. The number of benzene rings is 1. The number of likely N-dealkylation sites (tertiary alicyclic amines) is 1. The van der Waals surface area contributed by atoms with Gasteiger partial charge in [-0.2, -0.15) is 0 Å². The van der Waals surface area contributed by atoms with Gasteiger partial charge in [0.05, 0.1) is 0 Å². The van der Waals surface area contributed by atoms with Gasteiger partial charge in [0.1, 0.15) is 5.75 Å². The predicted molar refractivity (Wildman–Crippen MR) is 81.4 cm³/mol. The summed E-state index contributed by atoms with van der Waals surface area (Å²) in [4.78, 5) is 12.3. The molecule has 1 aromatic rings. The van der Waals surface area contributed by atoms with Gasteiger partial charge in [-0.1, -0.05) is 11.6 Å². The van der Waals surface area contributed by atoms with Gasteiger partial charge >= 0.3 is 12.5 Å². The minimum absolute atomic E-state index is 0.0404. The number of amides is 1. The number of hydrogen-bond acceptors (Lipinski definition) is 2. The summed E-state index contributed by atoms with van der Waals surface area (Å²) >= 11 is 5.93. The van der Waals surface area contributed by atoms with E-state index in [1.807, 2.05) is 0 Å². The Hall–Kier alpha value is -1.63. The Morgan fingerprint density at radius 2 is 1.88 bits per heavy atom. The van der Waals surface area contributed by atoms with Crippen LogP contribution in [0.2, 0.25) is 5.02 Å². The topological polar surface area (TPSA) is 49.8 Å². The predicted octanol–water partition coefficient (Wildman–Crippen LogP) is 4.88. The van der Waals surface area contributed by atoms with Gasteiger partial charge in [-0.25, -0.2) is 4.79 Å². The van der Waals surface area contributed by atoms with Crippen LogP contribution in [0.4, 0.5) is 18.0 Å². The SMILES string of the molecule is O=C(O)N1CC2(CCC(c3cc(Cl)cc(OC(F)(F)F)c3)CC2)C1. The number of ether oxygens (including phenoxy) is 1. The molecule has 1 spiro atoms. The zero-order valence-electron chi connectivity index (χ0n) is 12.8. The van der Waals surface area contributed by atoms with Crippen molar-refractivity contribution in [2.24, 2.45) is 5.41 Å². The molecule has 8 heteroatoms. The van der Waals surface area contributed by atoms with Crippen LogP contribution in [0.1, 0.15) is 37.2 Å². The van der Waals surface area contributed by atoms with E-state index in [1.54, 1.807) is 6.07 Å². The summed E-state index contributed by atoms with van der Waals surface area (Å²) in [7, 11) is 0. The molecule has 1 saturated carbocycles. The molecule has 2 aliphatic rings. The number of nitrogens with zero attached hydrogens (tertiary/aromatic N) is 1. The van der Waals surface area contributed by atoms with Crippen LogP contribution in [0, 0.1) is 5.41 Å². The van der Waals surface area contributed by atoms with Gasteiger partial charge < -0.3 is 14.7 Å². The first-order chi connectivity index (χ1) is 11.2. The van der Waals surface area contributed by atoms with Crippen molar-refractivity contribution in [2.75, 3.05) is 13.1 Å². The number of carbonyl (C=O) groups is 1. The summed E-state index contributed by atoms with van der Waals surface area (Å²) < 4.78 is 41.1. The van der Waals surface area contributed by atoms with Crippen molar-refractivity contribution in [1.29, 1.82) is 0 Å². The van der Waals surface area contributed by atoms with Gasteiger partial charge in [0.25, 0.3) is 0 Å². The van der Waals surface area contributed by atoms with Gasteiger partial charge in [0.15, 0.2) is 0 Å². The van der Waals surface area contributed by atoms with Crippen LogP contribution in [-0.2, 0) is 0 Å². The molecule has 1 amide bonds. The Bertz CT molecular complexity index is 634. The molecule has 1 aliphatic heterocycles. The average Bonchev–Trinajstić information content (AvgIpc) is 2.42. The molecule has 0 aromatic heterocycles. The molecule has 0 atom stereocenters. The molecule has 2 fully saturated rings. The molecule has 1 aliphatic carbocycles. The van der Waals surface area contributed by atoms with Crippen LogP contribution in [-0.4, -0.2) is 35.6 Å². The van der Waals surface area contributed by atoms with Crippen molar-refractivity contribution in [3.63, 3.8) is 0 Å². The van der Waals surface area contributed by atoms with E-state index in [4.69, 9.17) is 16.7 Å². The van der Waals surface area contributed by atoms with Gasteiger partial charge in [-0.15, -0.1) is 13.2 Å². The number of alkyl halides is 3. The van der Waals surface area contributed by atoms with Crippen molar-refractivity contribution in [1.82, 2.24) is 4.90 Å². The van der Waals surface area contributed by atoms with Crippen LogP contribution in [0.25, 0.3) is 0 Å². The first-order valence-corrected chi connectivity index (χ1v) is 8.08. The molecule has 1 aromatic carbocycles. The van der Waals surface area contributed by atoms with Gasteiger partial charge in [0, 0.05) is 23.5 Å². The Balaban J connectivity index is 1.65. The highest BCUT2D eigenvalue weighted by Crippen LogP contribution is 2.48. The maximum absolute atomic E-state index is 12.4. The highest BCUT2D eigenvalue weighted by atomic mass is 35.5. The lowest BCUT2D eigenvalue weighted by molar-refractivity contribution is -0.274. The van der Waals surface area contributed by atoms with Crippen molar-refractivity contribution in [2.45, 2.75) is 38.0 Å². The quantitative estimate of drug-likeness (QED) is 0.815.